The van der Waals surface area contributed by atoms with E-state index in [-0.39, 0.29) is 0 Å². The average molecular weight is 307 g/mol. The molecule has 4 heteroatoms. The molecule has 0 aliphatic heterocycles. The van der Waals surface area contributed by atoms with Crippen molar-refractivity contribution in [2.75, 3.05) is 5.75 Å². The first-order chi connectivity index (χ1) is 9.61. The highest BCUT2D eigenvalue weighted by Gasteiger charge is 2.11. The zero-order valence-corrected chi connectivity index (χ0v) is 13.7. The lowest BCUT2D eigenvalue weighted by molar-refractivity contribution is 0.947. The van der Waals surface area contributed by atoms with Gasteiger partial charge in [0, 0.05) is 17.7 Å². The summed E-state index contributed by atoms with van der Waals surface area (Å²) in [6, 6.07) is 8.35. The molecule has 0 atom stereocenters. The highest BCUT2D eigenvalue weighted by Crippen LogP contribution is 2.23. The summed E-state index contributed by atoms with van der Waals surface area (Å²) in [5.74, 6) is 2.71. The van der Waals surface area contributed by atoms with Crippen molar-refractivity contribution in [2.45, 2.75) is 32.9 Å². The molecule has 0 saturated carbocycles. The predicted octanol–water partition coefficient (Wildman–Crippen LogP) is 4.59. The van der Waals surface area contributed by atoms with Gasteiger partial charge in [-0.15, -0.1) is 0 Å². The molecule has 1 aromatic heterocycles. The number of nitrogens with zero attached hydrogens (tertiary/aromatic N) is 2. The fourth-order valence-corrected chi connectivity index (χ4v) is 2.89. The topological polar surface area (TPSA) is 25.8 Å². The Morgan fingerprint density at radius 1 is 1.15 bits per heavy atom. The average Bonchev–Trinajstić information content (AvgIpc) is 2.42. The maximum absolute atomic E-state index is 6.36. The Kier molecular flexibility index (Phi) is 5.44. The molecule has 0 unspecified atom stereocenters. The second-order valence-corrected chi connectivity index (χ2v) is 6.37. The first-order valence-corrected chi connectivity index (χ1v) is 8.29. The summed E-state index contributed by atoms with van der Waals surface area (Å²) in [4.78, 5) is 9.01. The smallest absolute Gasteiger partial charge is 0.140 e. The summed E-state index contributed by atoms with van der Waals surface area (Å²) in [5.41, 5.74) is 4.57. The summed E-state index contributed by atoms with van der Waals surface area (Å²) < 4.78 is 0. The van der Waals surface area contributed by atoms with Gasteiger partial charge in [-0.1, -0.05) is 42.8 Å². The molecular formula is C16H19ClN2S. The molecule has 0 aliphatic carbocycles. The van der Waals surface area contributed by atoms with Crippen molar-refractivity contribution >= 4 is 23.4 Å². The molecule has 0 amide bonds. The standard InChI is InChI=1S/C16H19ClN2S/c1-4-20-10-15-18-12(3)14(16(17)19-15)9-13-8-6-5-7-11(13)2/h5-8H,4,9-10H2,1-3H3. The SMILES string of the molecule is CCSCc1nc(C)c(Cc2ccccc2C)c(Cl)n1. The van der Waals surface area contributed by atoms with E-state index >= 15 is 0 Å². The molecular weight excluding hydrogens is 288 g/mol. The summed E-state index contributed by atoms with van der Waals surface area (Å²) in [5, 5.41) is 0.590. The Bertz CT molecular complexity index is 576. The van der Waals surface area contributed by atoms with E-state index in [1.807, 2.05) is 18.7 Å². The third-order valence-electron chi connectivity index (χ3n) is 3.27. The fourth-order valence-electron chi connectivity index (χ4n) is 2.07. The Morgan fingerprint density at radius 3 is 2.55 bits per heavy atom. The molecule has 2 rings (SSSR count). The van der Waals surface area contributed by atoms with Crippen molar-refractivity contribution in [2.24, 2.45) is 0 Å². The van der Waals surface area contributed by atoms with E-state index in [4.69, 9.17) is 11.6 Å². The zero-order valence-electron chi connectivity index (χ0n) is 12.1. The largest absolute Gasteiger partial charge is 0.237 e. The van der Waals surface area contributed by atoms with Crippen LogP contribution in [-0.2, 0) is 12.2 Å². The lowest BCUT2D eigenvalue weighted by atomic mass is 10.0. The van der Waals surface area contributed by atoms with Crippen LogP contribution in [0.4, 0.5) is 0 Å². The Balaban J connectivity index is 2.27. The van der Waals surface area contributed by atoms with Crippen molar-refractivity contribution < 1.29 is 0 Å². The van der Waals surface area contributed by atoms with Crippen molar-refractivity contribution in [3.63, 3.8) is 0 Å². The second-order valence-electron chi connectivity index (χ2n) is 4.74. The second kappa shape index (κ2) is 7.09. The van der Waals surface area contributed by atoms with Gasteiger partial charge >= 0.3 is 0 Å². The summed E-state index contributed by atoms with van der Waals surface area (Å²) in [6.07, 6.45) is 0.790. The van der Waals surface area contributed by atoms with Gasteiger partial charge in [-0.05, 0) is 30.7 Å². The molecule has 20 heavy (non-hydrogen) atoms. The first kappa shape index (κ1) is 15.3. The van der Waals surface area contributed by atoms with Crippen molar-refractivity contribution in [1.29, 1.82) is 0 Å². The molecule has 106 valence electrons. The molecule has 1 aromatic carbocycles. The fraction of sp³-hybridized carbons (Fsp3) is 0.375. The number of hydrogen-bond acceptors (Lipinski definition) is 3. The van der Waals surface area contributed by atoms with Gasteiger partial charge in [0.15, 0.2) is 0 Å². The third-order valence-corrected chi connectivity index (χ3v) is 4.46. The first-order valence-electron chi connectivity index (χ1n) is 6.76. The lowest BCUT2D eigenvalue weighted by Gasteiger charge is -2.11. The molecule has 0 bridgehead atoms. The molecule has 2 nitrogen and oxygen atoms in total. The minimum Gasteiger partial charge on any atom is -0.237 e. The van der Waals surface area contributed by atoms with Crippen LogP contribution in [0.25, 0.3) is 0 Å². The number of benzene rings is 1. The van der Waals surface area contributed by atoms with Gasteiger partial charge in [-0.2, -0.15) is 11.8 Å². The number of thioether (sulfide) groups is 1. The maximum Gasteiger partial charge on any atom is 0.140 e. The molecule has 0 aliphatic rings. The van der Waals surface area contributed by atoms with Crippen molar-refractivity contribution in [1.82, 2.24) is 9.97 Å². The molecule has 0 saturated heterocycles. The number of halogens is 1. The third kappa shape index (κ3) is 3.74. The van der Waals surface area contributed by atoms with E-state index in [1.165, 1.54) is 11.1 Å². The molecule has 0 N–H and O–H groups in total. The van der Waals surface area contributed by atoms with Crippen LogP contribution in [0.3, 0.4) is 0 Å². The van der Waals surface area contributed by atoms with Gasteiger partial charge in [0.1, 0.15) is 11.0 Å². The van der Waals surface area contributed by atoms with E-state index in [2.05, 4.69) is 48.1 Å². The van der Waals surface area contributed by atoms with Crippen LogP contribution in [0.15, 0.2) is 24.3 Å². The van der Waals surface area contributed by atoms with Crippen molar-refractivity contribution in [3.05, 3.63) is 57.6 Å². The summed E-state index contributed by atoms with van der Waals surface area (Å²) in [6.45, 7) is 6.26. The highest BCUT2D eigenvalue weighted by molar-refractivity contribution is 7.98. The van der Waals surface area contributed by atoms with Crippen LogP contribution in [0.5, 0.6) is 0 Å². The monoisotopic (exact) mass is 306 g/mol. The summed E-state index contributed by atoms with van der Waals surface area (Å²) in [7, 11) is 0. The van der Waals surface area contributed by atoms with Gasteiger partial charge < -0.3 is 0 Å². The van der Waals surface area contributed by atoms with Crippen LogP contribution in [0, 0.1) is 13.8 Å². The van der Waals surface area contributed by atoms with Gasteiger partial charge in [-0.3, -0.25) is 0 Å². The molecule has 2 aromatic rings. The van der Waals surface area contributed by atoms with Gasteiger partial charge in [-0.25, -0.2) is 9.97 Å². The molecule has 0 fully saturated rings. The maximum atomic E-state index is 6.36. The van der Waals surface area contributed by atoms with Crippen molar-refractivity contribution in [3.8, 4) is 0 Å². The Labute approximate surface area is 130 Å². The molecule has 1 heterocycles. The number of aromatic nitrogens is 2. The number of rotatable bonds is 5. The normalized spacial score (nSPS) is 10.8. The van der Waals surface area contributed by atoms with Crippen LogP contribution in [-0.4, -0.2) is 15.7 Å². The highest BCUT2D eigenvalue weighted by atomic mass is 35.5. The van der Waals surface area contributed by atoms with Crippen LogP contribution in [0.2, 0.25) is 5.15 Å². The Hall–Kier alpha value is -1.06. The van der Waals surface area contributed by atoms with Crippen LogP contribution in [0.1, 0.15) is 35.1 Å². The molecule has 0 spiro atoms. The number of aryl methyl sites for hydroxylation is 2. The minimum absolute atomic E-state index is 0.590. The van der Waals surface area contributed by atoms with Gasteiger partial charge in [0.05, 0.1) is 5.75 Å². The van der Waals surface area contributed by atoms with E-state index in [0.29, 0.717) is 5.15 Å². The van der Waals surface area contributed by atoms with Gasteiger partial charge in [0.25, 0.3) is 0 Å². The van der Waals surface area contributed by atoms with Crippen LogP contribution < -0.4 is 0 Å². The predicted molar refractivity (Wildman–Crippen MR) is 87.6 cm³/mol. The van der Waals surface area contributed by atoms with E-state index in [0.717, 1.165) is 35.0 Å². The summed E-state index contributed by atoms with van der Waals surface area (Å²) >= 11 is 8.16. The van der Waals surface area contributed by atoms with E-state index in [9.17, 15) is 0 Å². The van der Waals surface area contributed by atoms with Crippen LogP contribution >= 0.6 is 23.4 Å². The number of hydrogen-bond donors (Lipinski definition) is 0. The quantitative estimate of drug-likeness (QED) is 0.756. The minimum atomic E-state index is 0.590. The van der Waals surface area contributed by atoms with E-state index in [1.54, 1.807) is 0 Å². The van der Waals surface area contributed by atoms with Gasteiger partial charge in [0.2, 0.25) is 0 Å². The Morgan fingerprint density at radius 2 is 1.90 bits per heavy atom. The van der Waals surface area contributed by atoms with E-state index < -0.39 is 0 Å². The zero-order chi connectivity index (χ0) is 14.5. The lowest BCUT2D eigenvalue weighted by Crippen LogP contribution is -2.04. The molecule has 0 radical (unpaired) electrons.